The smallest absolute Gasteiger partial charge is 0.276 e. The second kappa shape index (κ2) is 6.60. The number of halogens is 2. The van der Waals surface area contributed by atoms with E-state index in [-0.39, 0.29) is 16.8 Å². The Morgan fingerprint density at radius 1 is 1.07 bits per heavy atom. The van der Waals surface area contributed by atoms with E-state index in [4.69, 9.17) is 4.74 Å². The molecule has 0 aliphatic rings. The molecule has 142 valence electrons. The number of aromatic nitrogens is 3. The predicted molar refractivity (Wildman–Crippen MR) is 103 cm³/mol. The van der Waals surface area contributed by atoms with E-state index < -0.39 is 11.6 Å². The van der Waals surface area contributed by atoms with Crippen LogP contribution in [-0.4, -0.2) is 21.7 Å². The van der Waals surface area contributed by atoms with Crippen LogP contribution in [-0.2, 0) is 0 Å². The summed E-state index contributed by atoms with van der Waals surface area (Å²) in [6, 6.07) is 10.5. The zero-order valence-electron chi connectivity index (χ0n) is 15.5. The van der Waals surface area contributed by atoms with Crippen molar-refractivity contribution in [2.45, 2.75) is 13.8 Å². The van der Waals surface area contributed by atoms with Gasteiger partial charge in [-0.15, -0.1) is 0 Å². The highest BCUT2D eigenvalue weighted by atomic mass is 19.1. The zero-order chi connectivity index (χ0) is 20.0. The fourth-order valence-corrected chi connectivity index (χ4v) is 3.31. The number of hydrogen-bond donors (Lipinski definition) is 1. The summed E-state index contributed by atoms with van der Waals surface area (Å²) >= 11 is 0. The normalized spacial score (nSPS) is 11.2. The fourth-order valence-electron chi connectivity index (χ4n) is 3.31. The predicted octanol–water partition coefficient (Wildman–Crippen LogP) is 4.26. The SMILES string of the molecule is COc1ccc(-c2nc3c(-c4ccc(F)cc4F)c(C)[nH]n3c(=O)c2C)cc1. The molecule has 0 radical (unpaired) electrons. The number of hydrogen-bond acceptors (Lipinski definition) is 3. The first-order valence-electron chi connectivity index (χ1n) is 8.62. The monoisotopic (exact) mass is 381 g/mol. The minimum atomic E-state index is -0.717. The molecule has 5 nitrogen and oxygen atoms in total. The average molecular weight is 381 g/mol. The van der Waals surface area contributed by atoms with Crippen LogP contribution in [0.25, 0.3) is 28.0 Å². The average Bonchev–Trinajstić information content (AvgIpc) is 3.01. The zero-order valence-corrected chi connectivity index (χ0v) is 15.5. The van der Waals surface area contributed by atoms with Gasteiger partial charge in [-0.2, -0.15) is 0 Å². The lowest BCUT2D eigenvalue weighted by Gasteiger charge is -2.08. The van der Waals surface area contributed by atoms with Gasteiger partial charge in [0.05, 0.1) is 12.8 Å². The Balaban J connectivity index is 2.01. The molecule has 0 amide bonds. The van der Waals surface area contributed by atoms with Crippen molar-refractivity contribution in [3.63, 3.8) is 0 Å². The van der Waals surface area contributed by atoms with Gasteiger partial charge >= 0.3 is 0 Å². The molecule has 0 atom stereocenters. The molecule has 4 aromatic rings. The van der Waals surface area contributed by atoms with Crippen molar-refractivity contribution in [2.24, 2.45) is 0 Å². The summed E-state index contributed by atoms with van der Waals surface area (Å²) in [5, 5.41) is 2.93. The third-order valence-electron chi connectivity index (χ3n) is 4.75. The Morgan fingerprint density at radius 3 is 2.43 bits per heavy atom. The molecule has 7 heteroatoms. The fraction of sp³-hybridized carbons (Fsp3) is 0.143. The number of ether oxygens (including phenoxy) is 1. The van der Waals surface area contributed by atoms with Crippen LogP contribution in [0.5, 0.6) is 5.75 Å². The van der Waals surface area contributed by atoms with E-state index in [0.717, 1.165) is 11.6 Å². The largest absolute Gasteiger partial charge is 0.497 e. The summed E-state index contributed by atoms with van der Waals surface area (Å²) < 4.78 is 34.2. The molecule has 4 rings (SSSR count). The van der Waals surface area contributed by atoms with Crippen molar-refractivity contribution in [1.29, 1.82) is 0 Å². The van der Waals surface area contributed by atoms with Crippen molar-refractivity contribution in [3.05, 3.63) is 75.7 Å². The van der Waals surface area contributed by atoms with Crippen LogP contribution in [0, 0.1) is 25.5 Å². The molecule has 28 heavy (non-hydrogen) atoms. The van der Waals surface area contributed by atoms with Crippen molar-refractivity contribution in [1.82, 2.24) is 14.6 Å². The number of H-pyrrole nitrogens is 1. The Kier molecular flexibility index (Phi) is 4.22. The molecule has 0 aliphatic carbocycles. The summed E-state index contributed by atoms with van der Waals surface area (Å²) in [7, 11) is 1.57. The second-order valence-corrected chi connectivity index (χ2v) is 6.51. The molecular formula is C21H17F2N3O2. The summed E-state index contributed by atoms with van der Waals surface area (Å²) in [5.41, 5.74) is 2.84. The van der Waals surface area contributed by atoms with E-state index in [2.05, 4.69) is 10.1 Å². The van der Waals surface area contributed by atoms with Gasteiger partial charge in [0.15, 0.2) is 5.65 Å². The summed E-state index contributed by atoms with van der Waals surface area (Å²) in [6.07, 6.45) is 0. The first-order chi connectivity index (χ1) is 13.4. The molecule has 0 saturated heterocycles. The number of fused-ring (bicyclic) bond motifs is 1. The van der Waals surface area contributed by atoms with Crippen LogP contribution in [0.4, 0.5) is 8.78 Å². The Labute approximate surface area is 159 Å². The minimum Gasteiger partial charge on any atom is -0.497 e. The van der Waals surface area contributed by atoms with Gasteiger partial charge in [0, 0.05) is 34.0 Å². The quantitative estimate of drug-likeness (QED) is 0.577. The maximum absolute atomic E-state index is 14.4. The van der Waals surface area contributed by atoms with Crippen molar-refractivity contribution in [3.8, 4) is 28.1 Å². The molecule has 1 N–H and O–H groups in total. The van der Waals surface area contributed by atoms with Crippen LogP contribution in [0.15, 0.2) is 47.3 Å². The summed E-state index contributed by atoms with van der Waals surface area (Å²) in [4.78, 5) is 17.5. The third-order valence-corrected chi connectivity index (χ3v) is 4.75. The molecule has 2 aromatic carbocycles. The first-order valence-corrected chi connectivity index (χ1v) is 8.62. The lowest BCUT2D eigenvalue weighted by molar-refractivity contribution is 0.415. The highest BCUT2D eigenvalue weighted by molar-refractivity contribution is 5.82. The molecule has 0 aliphatic heterocycles. The number of benzene rings is 2. The van der Waals surface area contributed by atoms with Gasteiger partial charge in [-0.25, -0.2) is 18.3 Å². The summed E-state index contributed by atoms with van der Waals surface area (Å²) in [6.45, 7) is 3.41. The highest BCUT2D eigenvalue weighted by Crippen LogP contribution is 2.31. The number of nitrogens with zero attached hydrogens (tertiary/aromatic N) is 2. The van der Waals surface area contributed by atoms with Crippen LogP contribution in [0.2, 0.25) is 0 Å². The number of aryl methyl sites for hydroxylation is 1. The van der Waals surface area contributed by atoms with E-state index in [1.165, 1.54) is 16.6 Å². The van der Waals surface area contributed by atoms with Gasteiger partial charge in [0.2, 0.25) is 0 Å². The summed E-state index contributed by atoms with van der Waals surface area (Å²) in [5.74, 6) is -0.699. The van der Waals surface area contributed by atoms with E-state index in [0.29, 0.717) is 28.3 Å². The van der Waals surface area contributed by atoms with Crippen molar-refractivity contribution >= 4 is 5.65 Å². The first kappa shape index (κ1) is 17.9. The molecule has 0 fully saturated rings. The Hall–Kier alpha value is -3.48. The molecule has 2 aromatic heterocycles. The second-order valence-electron chi connectivity index (χ2n) is 6.51. The molecular weight excluding hydrogens is 364 g/mol. The van der Waals surface area contributed by atoms with Crippen LogP contribution in [0.3, 0.4) is 0 Å². The topological polar surface area (TPSA) is 59.4 Å². The van der Waals surface area contributed by atoms with Gasteiger partial charge in [0.1, 0.15) is 17.4 Å². The standard InChI is InChI=1S/C21H17F2N3O2/c1-11-19(13-4-7-15(28-3)8-5-13)24-20-18(12(2)25-26(20)21(11)27)16-9-6-14(22)10-17(16)23/h4-10,25H,1-3H3. The van der Waals surface area contributed by atoms with Gasteiger partial charge in [-0.05, 0) is 50.2 Å². The van der Waals surface area contributed by atoms with Gasteiger partial charge < -0.3 is 4.74 Å². The van der Waals surface area contributed by atoms with Crippen LogP contribution >= 0.6 is 0 Å². The maximum atomic E-state index is 14.4. The van der Waals surface area contributed by atoms with E-state index >= 15 is 0 Å². The Morgan fingerprint density at radius 2 is 1.79 bits per heavy atom. The Bertz CT molecular complexity index is 1260. The van der Waals surface area contributed by atoms with E-state index in [9.17, 15) is 13.6 Å². The number of nitrogens with one attached hydrogen (secondary N) is 1. The van der Waals surface area contributed by atoms with Gasteiger partial charge in [-0.3, -0.25) is 9.89 Å². The van der Waals surface area contributed by atoms with E-state index in [1.54, 1.807) is 33.1 Å². The van der Waals surface area contributed by atoms with Gasteiger partial charge in [0.25, 0.3) is 5.56 Å². The van der Waals surface area contributed by atoms with Gasteiger partial charge in [-0.1, -0.05) is 0 Å². The molecule has 0 spiro atoms. The van der Waals surface area contributed by atoms with Crippen molar-refractivity contribution in [2.75, 3.05) is 7.11 Å². The number of aromatic amines is 1. The molecule has 0 bridgehead atoms. The third kappa shape index (κ3) is 2.76. The van der Waals surface area contributed by atoms with Crippen LogP contribution in [0.1, 0.15) is 11.3 Å². The molecule has 0 unspecified atom stereocenters. The lowest BCUT2D eigenvalue weighted by atomic mass is 10.0. The molecule has 2 heterocycles. The highest BCUT2D eigenvalue weighted by Gasteiger charge is 2.20. The van der Waals surface area contributed by atoms with Crippen LogP contribution < -0.4 is 10.3 Å². The maximum Gasteiger partial charge on any atom is 0.276 e. The van der Waals surface area contributed by atoms with Crippen molar-refractivity contribution < 1.29 is 13.5 Å². The molecule has 0 saturated carbocycles. The van der Waals surface area contributed by atoms with E-state index in [1.807, 2.05) is 12.1 Å². The lowest BCUT2D eigenvalue weighted by Crippen LogP contribution is -2.19. The number of rotatable bonds is 3. The minimum absolute atomic E-state index is 0.175. The number of methoxy groups -OCH3 is 1.